The van der Waals surface area contributed by atoms with Crippen LogP contribution in [0.4, 0.5) is 0 Å². The second kappa shape index (κ2) is 8.21. The molecule has 0 aromatic heterocycles. The summed E-state index contributed by atoms with van der Waals surface area (Å²) in [5.41, 5.74) is 1.50. The van der Waals surface area contributed by atoms with Crippen molar-refractivity contribution in [1.82, 2.24) is 5.32 Å². The van der Waals surface area contributed by atoms with Crippen LogP contribution >= 0.6 is 0 Å². The molecule has 1 N–H and O–H groups in total. The Morgan fingerprint density at radius 2 is 1.86 bits per heavy atom. The molecule has 1 aromatic carbocycles. The quantitative estimate of drug-likeness (QED) is 0.616. The summed E-state index contributed by atoms with van der Waals surface area (Å²) in [5.74, 6) is -0.894. The first-order chi connectivity index (χ1) is 9.99. The maximum Gasteiger partial charge on any atom is 0.328 e. The number of esters is 1. The highest BCUT2D eigenvalue weighted by atomic mass is 16.5. The summed E-state index contributed by atoms with van der Waals surface area (Å²) in [6, 6.07) is 8.31. The molecule has 2 atom stereocenters. The van der Waals surface area contributed by atoms with E-state index in [0.717, 1.165) is 11.1 Å². The Morgan fingerprint density at radius 1 is 1.24 bits per heavy atom. The molecule has 0 saturated heterocycles. The SMILES string of the molecule is C=C(C)C[C@H](NC(=O)[C@H](OC)c1ccccc1)C(=O)OC. The Balaban J connectivity index is 2.84. The van der Waals surface area contributed by atoms with Gasteiger partial charge in [0.1, 0.15) is 6.04 Å². The number of carbonyl (C=O) groups excluding carboxylic acids is 2. The Kier molecular flexibility index (Phi) is 6.62. The van der Waals surface area contributed by atoms with Crippen LogP contribution in [0.5, 0.6) is 0 Å². The third kappa shape index (κ3) is 5.04. The van der Waals surface area contributed by atoms with Crippen molar-refractivity contribution in [2.45, 2.75) is 25.5 Å². The number of ether oxygens (including phenoxy) is 2. The number of benzene rings is 1. The predicted octanol–water partition coefficient (Wildman–Crippen LogP) is 2.00. The minimum absolute atomic E-state index is 0.323. The van der Waals surface area contributed by atoms with Crippen molar-refractivity contribution in [2.75, 3.05) is 14.2 Å². The summed E-state index contributed by atoms with van der Waals surface area (Å²) in [6.07, 6.45) is -0.452. The number of hydrogen-bond acceptors (Lipinski definition) is 4. The number of hydrogen-bond donors (Lipinski definition) is 1. The second-order valence-electron chi connectivity index (χ2n) is 4.77. The van der Waals surface area contributed by atoms with Crippen molar-refractivity contribution >= 4 is 11.9 Å². The summed E-state index contributed by atoms with van der Waals surface area (Å²) in [7, 11) is 2.73. The molecule has 1 rings (SSSR count). The fraction of sp³-hybridized carbons (Fsp3) is 0.375. The van der Waals surface area contributed by atoms with Gasteiger partial charge in [0, 0.05) is 7.11 Å². The highest BCUT2D eigenvalue weighted by molar-refractivity contribution is 5.87. The Labute approximate surface area is 124 Å². The van der Waals surface area contributed by atoms with Gasteiger partial charge in [-0.2, -0.15) is 0 Å². The van der Waals surface area contributed by atoms with Gasteiger partial charge in [-0.3, -0.25) is 4.79 Å². The molecule has 5 heteroatoms. The molecule has 0 heterocycles. The van der Waals surface area contributed by atoms with E-state index < -0.39 is 18.1 Å². The van der Waals surface area contributed by atoms with E-state index in [0.29, 0.717) is 6.42 Å². The lowest BCUT2D eigenvalue weighted by molar-refractivity contribution is -0.146. The van der Waals surface area contributed by atoms with Crippen LogP contribution in [-0.2, 0) is 19.1 Å². The van der Waals surface area contributed by atoms with Crippen LogP contribution in [-0.4, -0.2) is 32.1 Å². The first kappa shape index (κ1) is 16.9. The molecular formula is C16H21NO4. The van der Waals surface area contributed by atoms with E-state index >= 15 is 0 Å². The largest absolute Gasteiger partial charge is 0.467 e. The van der Waals surface area contributed by atoms with Gasteiger partial charge in [0.2, 0.25) is 0 Å². The minimum Gasteiger partial charge on any atom is -0.467 e. The number of methoxy groups -OCH3 is 2. The number of amides is 1. The van der Waals surface area contributed by atoms with Crippen LogP contribution in [0.15, 0.2) is 42.5 Å². The maximum atomic E-state index is 12.3. The van der Waals surface area contributed by atoms with Crippen LogP contribution in [0.2, 0.25) is 0 Å². The zero-order chi connectivity index (χ0) is 15.8. The molecule has 114 valence electrons. The van der Waals surface area contributed by atoms with Gasteiger partial charge in [-0.05, 0) is 18.9 Å². The van der Waals surface area contributed by atoms with E-state index in [2.05, 4.69) is 11.9 Å². The molecule has 0 radical (unpaired) electrons. The van der Waals surface area contributed by atoms with E-state index in [9.17, 15) is 9.59 Å². The summed E-state index contributed by atoms with van der Waals surface area (Å²) < 4.78 is 9.93. The molecule has 0 aliphatic carbocycles. The second-order valence-corrected chi connectivity index (χ2v) is 4.77. The van der Waals surface area contributed by atoms with Crippen molar-refractivity contribution in [3.05, 3.63) is 48.0 Å². The van der Waals surface area contributed by atoms with Crippen LogP contribution < -0.4 is 5.32 Å². The number of nitrogens with one attached hydrogen (secondary N) is 1. The van der Waals surface area contributed by atoms with Gasteiger partial charge in [0.15, 0.2) is 6.10 Å². The summed E-state index contributed by atoms with van der Waals surface area (Å²) in [5, 5.41) is 2.65. The van der Waals surface area contributed by atoms with Crippen molar-refractivity contribution in [2.24, 2.45) is 0 Å². The lowest BCUT2D eigenvalue weighted by atomic mass is 10.1. The van der Waals surface area contributed by atoms with Crippen molar-refractivity contribution in [3.63, 3.8) is 0 Å². The molecule has 0 aliphatic rings. The average Bonchev–Trinajstić information content (AvgIpc) is 2.47. The zero-order valence-corrected chi connectivity index (χ0v) is 12.6. The van der Waals surface area contributed by atoms with Gasteiger partial charge in [-0.15, -0.1) is 6.58 Å². The molecule has 0 spiro atoms. The highest BCUT2D eigenvalue weighted by Gasteiger charge is 2.27. The Morgan fingerprint density at radius 3 is 2.33 bits per heavy atom. The fourth-order valence-electron chi connectivity index (χ4n) is 1.95. The van der Waals surface area contributed by atoms with Gasteiger partial charge in [0.25, 0.3) is 5.91 Å². The average molecular weight is 291 g/mol. The third-order valence-electron chi connectivity index (χ3n) is 2.93. The molecule has 0 fully saturated rings. The Bertz CT molecular complexity index is 498. The zero-order valence-electron chi connectivity index (χ0n) is 12.6. The summed E-state index contributed by atoms with van der Waals surface area (Å²) in [4.78, 5) is 24.0. The lowest BCUT2D eigenvalue weighted by Gasteiger charge is -2.20. The first-order valence-electron chi connectivity index (χ1n) is 6.60. The van der Waals surface area contributed by atoms with E-state index in [-0.39, 0.29) is 5.91 Å². The summed E-state index contributed by atoms with van der Waals surface area (Å²) in [6.45, 7) is 5.54. The van der Waals surface area contributed by atoms with E-state index in [1.807, 2.05) is 18.2 Å². The smallest absolute Gasteiger partial charge is 0.328 e. The third-order valence-corrected chi connectivity index (χ3v) is 2.93. The first-order valence-corrected chi connectivity index (χ1v) is 6.60. The Hall–Kier alpha value is -2.14. The molecule has 1 aromatic rings. The molecule has 0 unspecified atom stereocenters. The van der Waals surface area contributed by atoms with Gasteiger partial charge >= 0.3 is 5.97 Å². The van der Waals surface area contributed by atoms with Gasteiger partial charge < -0.3 is 14.8 Å². The van der Waals surface area contributed by atoms with Crippen molar-refractivity contribution in [1.29, 1.82) is 0 Å². The van der Waals surface area contributed by atoms with Gasteiger partial charge in [-0.25, -0.2) is 4.79 Å². The van der Waals surface area contributed by atoms with Crippen LogP contribution in [0.25, 0.3) is 0 Å². The summed E-state index contributed by atoms with van der Waals surface area (Å²) >= 11 is 0. The maximum absolute atomic E-state index is 12.3. The fourth-order valence-corrected chi connectivity index (χ4v) is 1.95. The predicted molar refractivity (Wildman–Crippen MR) is 79.6 cm³/mol. The molecule has 0 saturated carbocycles. The number of carbonyl (C=O) groups is 2. The molecule has 21 heavy (non-hydrogen) atoms. The topological polar surface area (TPSA) is 64.6 Å². The number of rotatable bonds is 7. The van der Waals surface area contributed by atoms with E-state index in [4.69, 9.17) is 9.47 Å². The molecule has 0 bridgehead atoms. The monoisotopic (exact) mass is 291 g/mol. The highest BCUT2D eigenvalue weighted by Crippen LogP contribution is 2.17. The minimum atomic E-state index is -0.775. The normalized spacial score (nSPS) is 13.1. The van der Waals surface area contributed by atoms with E-state index in [1.54, 1.807) is 19.1 Å². The van der Waals surface area contributed by atoms with Crippen LogP contribution in [0, 0.1) is 0 Å². The molecule has 5 nitrogen and oxygen atoms in total. The van der Waals surface area contributed by atoms with Gasteiger partial charge in [0.05, 0.1) is 7.11 Å². The van der Waals surface area contributed by atoms with Crippen molar-refractivity contribution < 1.29 is 19.1 Å². The van der Waals surface area contributed by atoms with Crippen LogP contribution in [0.3, 0.4) is 0 Å². The van der Waals surface area contributed by atoms with Gasteiger partial charge in [-0.1, -0.05) is 35.9 Å². The standard InChI is InChI=1S/C16H21NO4/c1-11(2)10-13(16(19)21-4)17-15(18)14(20-3)12-8-6-5-7-9-12/h5-9,13-14H,1,10H2,2-4H3,(H,17,18)/t13-,14+/m0/s1. The van der Waals surface area contributed by atoms with Crippen LogP contribution in [0.1, 0.15) is 25.0 Å². The molecule has 1 amide bonds. The van der Waals surface area contributed by atoms with Crippen molar-refractivity contribution in [3.8, 4) is 0 Å². The molecular weight excluding hydrogens is 270 g/mol. The lowest BCUT2D eigenvalue weighted by Crippen LogP contribution is -2.44. The molecule has 0 aliphatic heterocycles. The van der Waals surface area contributed by atoms with E-state index in [1.165, 1.54) is 14.2 Å².